The molecule has 7 nitrogen and oxygen atoms in total. The number of hydrogen-bond donors (Lipinski definition) is 3. The highest BCUT2D eigenvalue weighted by Crippen LogP contribution is 2.21. The van der Waals surface area contributed by atoms with Gasteiger partial charge >= 0.3 is 0 Å². The lowest BCUT2D eigenvalue weighted by atomic mass is 9.97. The van der Waals surface area contributed by atoms with Gasteiger partial charge < -0.3 is 21.3 Å². The number of nitrogens with two attached hydrogens (primary N) is 1. The molecule has 1 unspecified atom stereocenters. The smallest absolute Gasteiger partial charge is 0.241 e. The molecule has 32 heavy (non-hydrogen) atoms. The van der Waals surface area contributed by atoms with E-state index in [2.05, 4.69) is 20.5 Å². The van der Waals surface area contributed by atoms with E-state index >= 15 is 0 Å². The Labute approximate surface area is 189 Å². The Balaban J connectivity index is 1.41. The summed E-state index contributed by atoms with van der Waals surface area (Å²) in [6.07, 6.45) is 6.01. The fourth-order valence-corrected chi connectivity index (χ4v) is 3.92. The Bertz CT molecular complexity index is 1060. The highest BCUT2D eigenvalue weighted by atomic mass is 16.2. The number of piperidine rings is 1. The number of rotatable bonds is 7. The molecule has 8 heteroatoms. The number of amides is 1. The van der Waals surface area contributed by atoms with E-state index in [9.17, 15) is 4.79 Å². The predicted molar refractivity (Wildman–Crippen MR) is 133 cm³/mol. The van der Waals surface area contributed by atoms with E-state index in [1.165, 1.54) is 19.3 Å². The molecule has 4 N–H and O–H groups in total. The molecule has 4 rings (SSSR count). The topological polar surface area (TPSA) is 96.2 Å². The van der Waals surface area contributed by atoms with Crippen molar-refractivity contribution in [3.05, 3.63) is 66.4 Å². The van der Waals surface area contributed by atoms with E-state index in [-0.39, 0.29) is 5.91 Å². The average molecular weight is 428 g/mol. The first-order valence-electron chi connectivity index (χ1n) is 11.1. The molecule has 1 aliphatic heterocycles. The quantitative estimate of drug-likeness (QED) is 0.498. The largest absolute Gasteiger partial charge is 0.357 e. The summed E-state index contributed by atoms with van der Waals surface area (Å²) in [5.41, 5.74) is 9.69. The Morgan fingerprint density at radius 1 is 1.06 bits per heavy atom. The van der Waals surface area contributed by atoms with E-state index in [0.29, 0.717) is 18.1 Å². The van der Waals surface area contributed by atoms with Crippen molar-refractivity contribution in [2.24, 2.45) is 5.73 Å². The first kappa shape index (κ1) is 21.8. The summed E-state index contributed by atoms with van der Waals surface area (Å²) >= 11 is 0. The molecule has 1 amide bonds. The normalized spacial score (nSPS) is 14.6. The van der Waals surface area contributed by atoms with Crippen LogP contribution < -0.4 is 26.7 Å². The predicted octanol–water partition coefficient (Wildman–Crippen LogP) is 1.98. The number of nitrogens with zero attached hydrogens (tertiary/aromatic N) is 3. The molecule has 3 aromatic rings. The monoisotopic (exact) mass is 428 g/mol. The number of aromatic nitrogens is 2. The van der Waals surface area contributed by atoms with Crippen LogP contribution in [0.2, 0.25) is 0 Å². The summed E-state index contributed by atoms with van der Waals surface area (Å²) in [6.45, 7) is 2.06. The average Bonchev–Trinajstić information content (AvgIpc) is 2.82. The van der Waals surface area contributed by atoms with Gasteiger partial charge in [0.15, 0.2) is 0 Å². The van der Waals surface area contributed by atoms with Gasteiger partial charge in [0.25, 0.3) is 0 Å². The Morgan fingerprint density at radius 2 is 1.81 bits per heavy atom. The second-order valence-corrected chi connectivity index (χ2v) is 8.24. The second-order valence-electron chi connectivity index (χ2n) is 8.24. The Morgan fingerprint density at radius 3 is 2.59 bits per heavy atom. The van der Waals surface area contributed by atoms with Crippen molar-refractivity contribution >= 4 is 42.4 Å². The molecule has 0 saturated carbocycles. The zero-order chi connectivity index (χ0) is 22.3. The fraction of sp³-hybridized carbons (Fsp3) is 0.292. The van der Waals surface area contributed by atoms with Crippen molar-refractivity contribution in [3.63, 3.8) is 0 Å². The molecule has 164 valence electrons. The number of hydrogen-bond acceptors (Lipinski definition) is 6. The van der Waals surface area contributed by atoms with Gasteiger partial charge in [0.05, 0.1) is 6.04 Å². The van der Waals surface area contributed by atoms with Crippen molar-refractivity contribution in [2.75, 3.05) is 28.6 Å². The minimum atomic E-state index is -0.624. The van der Waals surface area contributed by atoms with Crippen LogP contribution in [0.4, 0.5) is 23.1 Å². The van der Waals surface area contributed by atoms with Crippen molar-refractivity contribution in [2.45, 2.75) is 31.7 Å². The fourth-order valence-electron chi connectivity index (χ4n) is 3.92. The van der Waals surface area contributed by atoms with E-state index in [1.807, 2.05) is 68.6 Å². The van der Waals surface area contributed by atoms with Crippen LogP contribution in [0.15, 0.2) is 60.8 Å². The molecule has 1 fully saturated rings. The molecule has 0 bridgehead atoms. The highest BCUT2D eigenvalue weighted by molar-refractivity contribution is 6.35. The van der Waals surface area contributed by atoms with Crippen molar-refractivity contribution in [3.8, 4) is 0 Å². The summed E-state index contributed by atoms with van der Waals surface area (Å²) in [4.78, 5) is 24.1. The molecular formula is C24H29BN6O. The van der Waals surface area contributed by atoms with Gasteiger partial charge in [-0.15, -0.1) is 0 Å². The zero-order valence-corrected chi connectivity index (χ0v) is 18.4. The molecule has 1 atom stereocenters. The molecule has 0 aliphatic carbocycles. The molecule has 1 aliphatic rings. The van der Waals surface area contributed by atoms with E-state index < -0.39 is 6.04 Å². The van der Waals surface area contributed by atoms with Crippen LogP contribution >= 0.6 is 0 Å². The molecule has 1 aromatic heterocycles. The lowest BCUT2D eigenvalue weighted by molar-refractivity contribution is -0.117. The minimum absolute atomic E-state index is 0.218. The van der Waals surface area contributed by atoms with Crippen molar-refractivity contribution in [1.82, 2.24) is 9.97 Å². The maximum absolute atomic E-state index is 12.6. The van der Waals surface area contributed by atoms with Gasteiger partial charge in [0, 0.05) is 30.7 Å². The second kappa shape index (κ2) is 10.3. The number of anilines is 4. The summed E-state index contributed by atoms with van der Waals surface area (Å²) < 4.78 is 0. The van der Waals surface area contributed by atoms with Crippen LogP contribution in [0.1, 0.15) is 24.8 Å². The molecule has 0 spiro atoms. The molecule has 2 heterocycles. The van der Waals surface area contributed by atoms with Crippen LogP contribution in [0.3, 0.4) is 0 Å². The highest BCUT2D eigenvalue weighted by Gasteiger charge is 2.16. The summed E-state index contributed by atoms with van der Waals surface area (Å²) in [6, 6.07) is 16.6. The minimum Gasteiger partial charge on any atom is -0.357 e. The SMILES string of the molecule is Bc1cnc(Nc2cccc(NC(=O)C(N)Cc3ccccc3)c2)nc1N1CCCCC1. The number of carbonyl (C=O) groups excluding carboxylic acids is 1. The number of nitrogens with one attached hydrogen (secondary N) is 2. The molecule has 1 saturated heterocycles. The molecular weight excluding hydrogens is 399 g/mol. The van der Waals surface area contributed by atoms with Crippen molar-refractivity contribution in [1.29, 1.82) is 0 Å². The third-order valence-electron chi connectivity index (χ3n) is 5.62. The molecule has 2 aromatic carbocycles. The Hall–Kier alpha value is -3.39. The molecule has 0 radical (unpaired) electrons. The maximum Gasteiger partial charge on any atom is 0.241 e. The first-order valence-corrected chi connectivity index (χ1v) is 11.1. The summed E-state index contributed by atoms with van der Waals surface area (Å²) in [5, 5.41) is 6.17. The Kier molecular flexibility index (Phi) is 7.02. The van der Waals surface area contributed by atoms with Gasteiger partial charge in [-0.25, -0.2) is 4.98 Å². The van der Waals surface area contributed by atoms with Gasteiger partial charge in [-0.3, -0.25) is 4.79 Å². The van der Waals surface area contributed by atoms with Gasteiger partial charge in [0.2, 0.25) is 11.9 Å². The van der Waals surface area contributed by atoms with Crippen LogP contribution in [0, 0.1) is 0 Å². The van der Waals surface area contributed by atoms with Gasteiger partial charge in [0.1, 0.15) is 13.7 Å². The van der Waals surface area contributed by atoms with Crippen molar-refractivity contribution < 1.29 is 4.79 Å². The third-order valence-corrected chi connectivity index (χ3v) is 5.62. The summed E-state index contributed by atoms with van der Waals surface area (Å²) in [7, 11) is 2.04. The van der Waals surface area contributed by atoms with E-state index in [4.69, 9.17) is 10.7 Å². The van der Waals surface area contributed by atoms with Crippen LogP contribution in [-0.4, -0.2) is 42.9 Å². The van der Waals surface area contributed by atoms with Crippen LogP contribution in [0.25, 0.3) is 0 Å². The number of carbonyl (C=O) groups is 1. The lowest BCUT2D eigenvalue weighted by Gasteiger charge is -2.29. The van der Waals surface area contributed by atoms with Crippen LogP contribution in [-0.2, 0) is 11.2 Å². The van der Waals surface area contributed by atoms with Gasteiger partial charge in [-0.05, 0) is 54.9 Å². The van der Waals surface area contributed by atoms with E-state index in [1.54, 1.807) is 0 Å². The zero-order valence-electron chi connectivity index (χ0n) is 18.4. The third kappa shape index (κ3) is 5.65. The van der Waals surface area contributed by atoms with Gasteiger partial charge in [-0.1, -0.05) is 36.4 Å². The summed E-state index contributed by atoms with van der Waals surface area (Å²) in [5.74, 6) is 1.31. The van der Waals surface area contributed by atoms with Crippen LogP contribution in [0.5, 0.6) is 0 Å². The van der Waals surface area contributed by atoms with E-state index in [0.717, 1.165) is 35.6 Å². The first-order chi connectivity index (χ1) is 15.6. The number of benzene rings is 2. The standard InChI is InChI=1S/C24H29BN6O/c25-20-16-27-24(30-22(20)31-12-5-2-6-13-31)29-19-11-7-10-18(15-19)28-23(32)21(26)14-17-8-3-1-4-9-17/h1,3-4,7-11,15-16,21H,2,5-6,12-14,25-26H2,(H,28,32)(H,27,29,30). The lowest BCUT2D eigenvalue weighted by Crippen LogP contribution is -2.37. The van der Waals surface area contributed by atoms with Gasteiger partial charge in [-0.2, -0.15) is 4.98 Å². The maximum atomic E-state index is 12.6.